The van der Waals surface area contributed by atoms with E-state index in [9.17, 15) is 0 Å². The maximum Gasteiger partial charge on any atom is 1.00 e. The predicted octanol–water partition coefficient (Wildman–Crippen LogP) is -3.24. The van der Waals surface area contributed by atoms with Gasteiger partial charge in [-0.05, 0) is 20.8 Å². The van der Waals surface area contributed by atoms with Crippen LogP contribution in [0.1, 0.15) is 20.8 Å². The van der Waals surface area contributed by atoms with Gasteiger partial charge in [0.1, 0.15) is 0 Å². The van der Waals surface area contributed by atoms with E-state index < -0.39 is 5.60 Å². The Balaban J connectivity index is -0.0000000750. The zero-order valence-electron chi connectivity index (χ0n) is 6.36. The van der Waals surface area contributed by atoms with Crippen LogP contribution in [-0.4, -0.2) is 17.8 Å². The van der Waals surface area contributed by atoms with Crippen LogP contribution in [0.15, 0.2) is 0 Å². The molecular weight excluding hydrogens is 115 g/mol. The van der Waals surface area contributed by atoms with Crippen LogP contribution in [0.5, 0.6) is 0 Å². The Bertz CT molecular complexity index is 25.9. The minimum absolute atomic E-state index is 0. The molecule has 46 valence electrons. The Kier molecular flexibility index (Phi) is 15.8. The molecule has 0 heterocycles. The van der Waals surface area contributed by atoms with Crippen LogP contribution in [0, 0.1) is 0 Å². The second-order valence-corrected chi connectivity index (χ2v) is 2.17. The average Bonchev–Trinajstić information content (AvgIpc) is 1.36. The van der Waals surface area contributed by atoms with Gasteiger partial charge in [-0.25, -0.2) is 0 Å². The van der Waals surface area contributed by atoms with Crippen molar-refractivity contribution in [1.29, 1.82) is 0 Å². The van der Waals surface area contributed by atoms with Crippen molar-refractivity contribution in [2.75, 3.05) is 7.11 Å². The summed E-state index contributed by atoms with van der Waals surface area (Å²) in [4.78, 5) is 0. The van der Waals surface area contributed by atoms with Crippen LogP contribution in [0.25, 0.3) is 0 Å². The fourth-order valence-electron chi connectivity index (χ4n) is 0. The molecule has 0 aliphatic rings. The van der Waals surface area contributed by atoms with Gasteiger partial charge in [0.25, 0.3) is 0 Å². The van der Waals surface area contributed by atoms with Gasteiger partial charge in [0.05, 0.1) is 5.60 Å². The normalized spacial score (nSPS) is 8.25. The molecule has 0 aliphatic heterocycles. The van der Waals surface area contributed by atoms with E-state index in [1.165, 1.54) is 0 Å². The molecule has 2 nitrogen and oxygen atoms in total. The van der Waals surface area contributed by atoms with Crippen LogP contribution < -0.4 is 34.7 Å². The van der Waals surface area contributed by atoms with Crippen LogP contribution in [-0.2, 0) is 0 Å². The molecule has 0 fully saturated rings. The van der Waals surface area contributed by atoms with Crippen LogP contribution >= 0.6 is 0 Å². The molecule has 1 N–H and O–H groups in total. The second-order valence-electron chi connectivity index (χ2n) is 2.17. The Hall–Kier alpha value is 0.920. The maximum absolute atomic E-state index is 8.52. The molecule has 0 spiro atoms. The van der Waals surface area contributed by atoms with Crippen LogP contribution in [0.2, 0.25) is 0 Å². The summed E-state index contributed by atoms with van der Waals surface area (Å²) in [6, 6.07) is 0. The molecule has 0 atom stereocenters. The van der Waals surface area contributed by atoms with Gasteiger partial charge in [-0.15, -0.1) is 0 Å². The van der Waals surface area contributed by atoms with Crippen molar-refractivity contribution in [3.63, 3.8) is 0 Å². The zero-order chi connectivity index (χ0) is 6.50. The van der Waals surface area contributed by atoms with E-state index in [2.05, 4.69) is 0 Å². The van der Waals surface area contributed by atoms with E-state index >= 15 is 0 Å². The van der Waals surface area contributed by atoms with E-state index in [-0.39, 0.29) is 29.6 Å². The Morgan fingerprint density at radius 1 is 1.12 bits per heavy atom. The summed E-state index contributed by atoms with van der Waals surface area (Å²) < 4.78 is 0. The van der Waals surface area contributed by atoms with Gasteiger partial charge in [-0.3, -0.25) is 0 Å². The van der Waals surface area contributed by atoms with Gasteiger partial charge >= 0.3 is 29.6 Å². The minimum atomic E-state index is -0.500. The van der Waals surface area contributed by atoms with Crippen molar-refractivity contribution in [1.82, 2.24) is 0 Å². The monoisotopic (exact) mass is 128 g/mol. The largest absolute Gasteiger partial charge is 1.00 e. The summed E-state index contributed by atoms with van der Waals surface area (Å²) in [6.45, 7) is 5.23. The SMILES string of the molecule is CC(C)(C)O.C[O-].[Na+]. The summed E-state index contributed by atoms with van der Waals surface area (Å²) in [7, 11) is 0.750. The third-order valence-corrected chi connectivity index (χ3v) is 0. The Morgan fingerprint density at radius 3 is 1.12 bits per heavy atom. The van der Waals surface area contributed by atoms with Gasteiger partial charge in [0.15, 0.2) is 0 Å². The molecule has 0 aromatic heterocycles. The first-order chi connectivity index (χ1) is 3.00. The first-order valence-corrected chi connectivity index (χ1v) is 2.13. The molecule has 0 rings (SSSR count). The maximum atomic E-state index is 8.52. The predicted molar refractivity (Wildman–Crippen MR) is 27.9 cm³/mol. The van der Waals surface area contributed by atoms with Gasteiger partial charge in [0.2, 0.25) is 0 Å². The van der Waals surface area contributed by atoms with Crippen molar-refractivity contribution in [2.45, 2.75) is 26.4 Å². The molecule has 0 amide bonds. The van der Waals surface area contributed by atoms with Crippen molar-refractivity contribution in [3.05, 3.63) is 0 Å². The topological polar surface area (TPSA) is 43.3 Å². The first kappa shape index (κ1) is 16.0. The summed E-state index contributed by atoms with van der Waals surface area (Å²) in [5, 5.41) is 16.8. The third-order valence-electron chi connectivity index (χ3n) is 0. The van der Waals surface area contributed by atoms with Gasteiger partial charge in [-0.1, -0.05) is 0 Å². The average molecular weight is 128 g/mol. The number of rotatable bonds is 0. The van der Waals surface area contributed by atoms with Crippen molar-refractivity contribution < 1.29 is 39.8 Å². The Labute approximate surface area is 73.2 Å². The molecule has 0 bridgehead atoms. The molecule has 0 radical (unpaired) electrons. The summed E-state index contributed by atoms with van der Waals surface area (Å²) in [5.41, 5.74) is -0.500. The number of aliphatic hydroxyl groups is 1. The van der Waals surface area contributed by atoms with E-state index in [4.69, 9.17) is 10.2 Å². The standard InChI is InChI=1S/C4H10O.CH3O.Na/c1-4(2,3)5;1-2;/h5H,1-3H3;1H3;/q;-1;+1. The third kappa shape index (κ3) is 287. The number of hydrogen-bond acceptors (Lipinski definition) is 2. The molecule has 0 saturated carbocycles. The quantitative estimate of drug-likeness (QED) is 0.348. The molecule has 0 aliphatic carbocycles. The molecule has 0 saturated heterocycles. The number of hydrogen-bond donors (Lipinski definition) is 1. The molecule has 3 heteroatoms. The fourth-order valence-corrected chi connectivity index (χ4v) is 0. The smallest absolute Gasteiger partial charge is 0.857 e. The van der Waals surface area contributed by atoms with Gasteiger partial charge in [-0.2, -0.15) is 7.11 Å². The van der Waals surface area contributed by atoms with Crippen molar-refractivity contribution >= 4 is 0 Å². The fraction of sp³-hybridized carbons (Fsp3) is 1.00. The molecule has 0 aromatic rings. The van der Waals surface area contributed by atoms with E-state index in [0.29, 0.717) is 0 Å². The summed E-state index contributed by atoms with van der Waals surface area (Å²) >= 11 is 0. The van der Waals surface area contributed by atoms with E-state index in [1.54, 1.807) is 20.8 Å². The van der Waals surface area contributed by atoms with E-state index in [0.717, 1.165) is 7.11 Å². The molecule has 8 heavy (non-hydrogen) atoms. The first-order valence-electron chi connectivity index (χ1n) is 2.13. The van der Waals surface area contributed by atoms with E-state index in [1.807, 2.05) is 0 Å². The molecule has 0 unspecified atom stereocenters. The molecule has 0 aromatic carbocycles. The van der Waals surface area contributed by atoms with Crippen LogP contribution in [0.4, 0.5) is 0 Å². The summed E-state index contributed by atoms with van der Waals surface area (Å²) in [6.07, 6.45) is 0. The van der Waals surface area contributed by atoms with Gasteiger partial charge in [0, 0.05) is 0 Å². The van der Waals surface area contributed by atoms with Crippen molar-refractivity contribution in [3.8, 4) is 0 Å². The summed E-state index contributed by atoms with van der Waals surface area (Å²) in [5.74, 6) is 0. The van der Waals surface area contributed by atoms with Gasteiger partial charge < -0.3 is 10.2 Å². The van der Waals surface area contributed by atoms with Crippen molar-refractivity contribution in [2.24, 2.45) is 0 Å². The minimum Gasteiger partial charge on any atom is -0.857 e. The Morgan fingerprint density at radius 2 is 1.12 bits per heavy atom. The zero-order valence-corrected chi connectivity index (χ0v) is 8.36. The molecular formula is C5H13NaO2. The second kappa shape index (κ2) is 7.92. The van der Waals surface area contributed by atoms with Crippen LogP contribution in [0.3, 0.4) is 0 Å².